The van der Waals surface area contributed by atoms with Gasteiger partial charge in [0, 0.05) is 6.04 Å². The molecule has 0 rings (SSSR count). The summed E-state index contributed by atoms with van der Waals surface area (Å²) >= 11 is 0. The molecule has 0 saturated heterocycles. The van der Waals surface area contributed by atoms with Crippen LogP contribution in [0.1, 0.15) is 26.7 Å². The highest BCUT2D eigenvalue weighted by molar-refractivity contribution is 4.62. The molecule has 9 heavy (non-hydrogen) atoms. The van der Waals surface area contributed by atoms with Crippen LogP contribution in [0.3, 0.4) is 0 Å². The minimum atomic E-state index is 0.315. The van der Waals surface area contributed by atoms with Crippen molar-refractivity contribution in [1.82, 2.24) is 0 Å². The Hall–Kier alpha value is -0.0800. The first-order chi connectivity index (χ1) is 4.16. The SMILES string of the molecule is CC(C)CC(N)CCN. The molecule has 0 aliphatic heterocycles. The van der Waals surface area contributed by atoms with Gasteiger partial charge < -0.3 is 11.5 Å². The van der Waals surface area contributed by atoms with Crippen LogP contribution >= 0.6 is 0 Å². The van der Waals surface area contributed by atoms with Crippen molar-refractivity contribution in [2.75, 3.05) is 6.54 Å². The van der Waals surface area contributed by atoms with Crippen molar-refractivity contribution in [1.29, 1.82) is 0 Å². The van der Waals surface area contributed by atoms with Gasteiger partial charge in [0.2, 0.25) is 0 Å². The molecule has 0 spiro atoms. The molecular weight excluding hydrogens is 112 g/mol. The Morgan fingerprint density at radius 1 is 1.33 bits per heavy atom. The predicted octanol–water partition coefficient (Wildman–Crippen LogP) is 0.709. The van der Waals surface area contributed by atoms with Crippen molar-refractivity contribution in [2.24, 2.45) is 17.4 Å². The fraction of sp³-hybridized carbons (Fsp3) is 1.00. The lowest BCUT2D eigenvalue weighted by Gasteiger charge is -2.11. The zero-order valence-electron chi connectivity index (χ0n) is 6.43. The van der Waals surface area contributed by atoms with Gasteiger partial charge >= 0.3 is 0 Å². The molecule has 56 valence electrons. The lowest BCUT2D eigenvalue weighted by molar-refractivity contribution is 0.477. The van der Waals surface area contributed by atoms with Crippen molar-refractivity contribution < 1.29 is 0 Å². The van der Waals surface area contributed by atoms with E-state index in [4.69, 9.17) is 11.5 Å². The van der Waals surface area contributed by atoms with Crippen LogP contribution in [-0.4, -0.2) is 12.6 Å². The van der Waals surface area contributed by atoms with E-state index in [1.54, 1.807) is 0 Å². The molecule has 4 N–H and O–H groups in total. The topological polar surface area (TPSA) is 52.0 Å². The van der Waals surface area contributed by atoms with E-state index in [9.17, 15) is 0 Å². The molecule has 0 bridgehead atoms. The maximum absolute atomic E-state index is 5.71. The summed E-state index contributed by atoms with van der Waals surface area (Å²) in [4.78, 5) is 0. The first-order valence-electron chi connectivity index (χ1n) is 3.62. The molecule has 0 aromatic carbocycles. The summed E-state index contributed by atoms with van der Waals surface area (Å²) in [7, 11) is 0. The Balaban J connectivity index is 3.15. The summed E-state index contributed by atoms with van der Waals surface area (Å²) in [5.41, 5.74) is 11.0. The van der Waals surface area contributed by atoms with Crippen LogP contribution < -0.4 is 11.5 Å². The summed E-state index contributed by atoms with van der Waals surface area (Å²) in [5.74, 6) is 0.701. The quantitative estimate of drug-likeness (QED) is 0.589. The summed E-state index contributed by atoms with van der Waals surface area (Å²) in [6.45, 7) is 5.07. The third-order valence-corrected chi connectivity index (χ3v) is 1.31. The minimum absolute atomic E-state index is 0.315. The minimum Gasteiger partial charge on any atom is -0.330 e. The van der Waals surface area contributed by atoms with Crippen molar-refractivity contribution in [3.8, 4) is 0 Å². The molecule has 0 saturated carbocycles. The van der Waals surface area contributed by atoms with Gasteiger partial charge in [0.05, 0.1) is 0 Å². The molecule has 0 aliphatic carbocycles. The third-order valence-electron chi connectivity index (χ3n) is 1.31. The van der Waals surface area contributed by atoms with E-state index in [-0.39, 0.29) is 0 Å². The lowest BCUT2D eigenvalue weighted by Crippen LogP contribution is -2.25. The van der Waals surface area contributed by atoms with Crippen LogP contribution in [0.25, 0.3) is 0 Å². The summed E-state index contributed by atoms with van der Waals surface area (Å²) < 4.78 is 0. The van der Waals surface area contributed by atoms with Crippen LogP contribution in [0, 0.1) is 5.92 Å². The molecule has 0 aromatic heterocycles. The van der Waals surface area contributed by atoms with E-state index in [1.807, 2.05) is 0 Å². The van der Waals surface area contributed by atoms with Gasteiger partial charge in [-0.3, -0.25) is 0 Å². The molecule has 0 radical (unpaired) electrons. The molecular formula is C7H18N2. The molecule has 0 amide bonds. The molecule has 0 fully saturated rings. The predicted molar refractivity (Wildman–Crippen MR) is 41.1 cm³/mol. The third kappa shape index (κ3) is 5.80. The number of nitrogens with two attached hydrogens (primary N) is 2. The van der Waals surface area contributed by atoms with Gasteiger partial charge in [0.1, 0.15) is 0 Å². The van der Waals surface area contributed by atoms with E-state index < -0.39 is 0 Å². The molecule has 0 aliphatic rings. The Morgan fingerprint density at radius 2 is 1.89 bits per heavy atom. The van der Waals surface area contributed by atoms with E-state index >= 15 is 0 Å². The van der Waals surface area contributed by atoms with Gasteiger partial charge in [-0.05, 0) is 25.3 Å². The number of rotatable bonds is 4. The standard InChI is InChI=1S/C7H18N2/c1-6(2)5-7(9)3-4-8/h6-7H,3-5,8-9H2,1-2H3. The number of hydrogen-bond donors (Lipinski definition) is 2. The first-order valence-corrected chi connectivity index (χ1v) is 3.62. The smallest absolute Gasteiger partial charge is 0.00532 e. The Bertz CT molecular complexity index is 61.9. The Kier molecular flexibility index (Phi) is 4.72. The van der Waals surface area contributed by atoms with Crippen LogP contribution in [0.5, 0.6) is 0 Å². The van der Waals surface area contributed by atoms with E-state index in [2.05, 4.69) is 13.8 Å². The average molecular weight is 130 g/mol. The zero-order chi connectivity index (χ0) is 7.28. The fourth-order valence-electron chi connectivity index (χ4n) is 0.937. The molecule has 1 atom stereocenters. The van der Waals surface area contributed by atoms with Crippen LogP contribution in [0.2, 0.25) is 0 Å². The van der Waals surface area contributed by atoms with Crippen molar-refractivity contribution in [3.05, 3.63) is 0 Å². The lowest BCUT2D eigenvalue weighted by atomic mass is 10.0. The second kappa shape index (κ2) is 4.77. The highest BCUT2D eigenvalue weighted by Gasteiger charge is 2.02. The normalized spacial score (nSPS) is 14.3. The van der Waals surface area contributed by atoms with Crippen molar-refractivity contribution in [2.45, 2.75) is 32.7 Å². The summed E-state index contributed by atoms with van der Waals surface area (Å²) in [6.07, 6.45) is 2.05. The summed E-state index contributed by atoms with van der Waals surface area (Å²) in [6, 6.07) is 0.315. The van der Waals surface area contributed by atoms with Crippen LogP contribution in [0.15, 0.2) is 0 Å². The monoisotopic (exact) mass is 130 g/mol. The van der Waals surface area contributed by atoms with E-state index in [1.165, 1.54) is 0 Å². The van der Waals surface area contributed by atoms with Crippen molar-refractivity contribution >= 4 is 0 Å². The van der Waals surface area contributed by atoms with Gasteiger partial charge in [0.25, 0.3) is 0 Å². The highest BCUT2D eigenvalue weighted by atomic mass is 14.6. The molecule has 1 unspecified atom stereocenters. The van der Waals surface area contributed by atoms with Crippen LogP contribution in [0.4, 0.5) is 0 Å². The maximum atomic E-state index is 5.71. The maximum Gasteiger partial charge on any atom is 0.00532 e. The largest absolute Gasteiger partial charge is 0.330 e. The Labute approximate surface area is 57.6 Å². The van der Waals surface area contributed by atoms with Gasteiger partial charge in [-0.15, -0.1) is 0 Å². The van der Waals surface area contributed by atoms with Crippen LogP contribution in [-0.2, 0) is 0 Å². The fourth-order valence-corrected chi connectivity index (χ4v) is 0.937. The second-order valence-electron chi connectivity index (χ2n) is 2.97. The van der Waals surface area contributed by atoms with Gasteiger partial charge in [-0.2, -0.15) is 0 Å². The average Bonchev–Trinajstić information content (AvgIpc) is 1.63. The Morgan fingerprint density at radius 3 is 2.22 bits per heavy atom. The second-order valence-corrected chi connectivity index (χ2v) is 2.97. The van der Waals surface area contributed by atoms with Gasteiger partial charge in [-0.25, -0.2) is 0 Å². The number of hydrogen-bond acceptors (Lipinski definition) is 2. The van der Waals surface area contributed by atoms with Crippen molar-refractivity contribution in [3.63, 3.8) is 0 Å². The molecule has 0 heterocycles. The highest BCUT2D eigenvalue weighted by Crippen LogP contribution is 2.03. The van der Waals surface area contributed by atoms with E-state index in [0.29, 0.717) is 18.5 Å². The summed E-state index contributed by atoms with van der Waals surface area (Å²) in [5, 5.41) is 0. The molecule has 2 heteroatoms. The molecule has 0 aromatic rings. The van der Waals surface area contributed by atoms with E-state index in [0.717, 1.165) is 12.8 Å². The zero-order valence-corrected chi connectivity index (χ0v) is 6.43. The van der Waals surface area contributed by atoms with Gasteiger partial charge in [-0.1, -0.05) is 13.8 Å². The first kappa shape index (κ1) is 8.92. The van der Waals surface area contributed by atoms with Gasteiger partial charge in [0.15, 0.2) is 0 Å². The molecule has 2 nitrogen and oxygen atoms in total.